The quantitative estimate of drug-likeness (QED) is 0.686. The first-order valence-corrected chi connectivity index (χ1v) is 9.22. The van der Waals surface area contributed by atoms with Crippen molar-refractivity contribution in [2.75, 3.05) is 13.1 Å². The van der Waals surface area contributed by atoms with Crippen LogP contribution in [-0.2, 0) is 0 Å². The Hall–Kier alpha value is -2.70. The molecule has 0 aliphatic carbocycles. The SMILES string of the molecule is Cc1nc(-c2cccc(-c3ccc(C(=O)NC[C@@H]4CCCN4)cc3)c2)no1.Cl. The fraction of sp³-hybridized carbons (Fsp3) is 0.286. The Morgan fingerprint density at radius 2 is 1.96 bits per heavy atom. The zero-order chi connectivity index (χ0) is 18.6. The van der Waals surface area contributed by atoms with Gasteiger partial charge in [0.05, 0.1) is 0 Å². The molecule has 1 fully saturated rings. The highest BCUT2D eigenvalue weighted by atomic mass is 35.5. The molecule has 1 aromatic heterocycles. The molecule has 2 heterocycles. The maximum absolute atomic E-state index is 12.3. The molecule has 0 radical (unpaired) electrons. The topological polar surface area (TPSA) is 80.0 Å². The highest BCUT2D eigenvalue weighted by Gasteiger charge is 2.15. The Kier molecular flexibility index (Phi) is 6.44. The zero-order valence-electron chi connectivity index (χ0n) is 15.6. The number of amides is 1. The van der Waals surface area contributed by atoms with Gasteiger partial charge in [0.1, 0.15) is 0 Å². The molecule has 4 rings (SSSR count). The minimum atomic E-state index is -0.0359. The average molecular weight is 399 g/mol. The van der Waals surface area contributed by atoms with Gasteiger partial charge in [0.25, 0.3) is 5.91 Å². The Bertz CT molecular complexity index is 934. The van der Waals surface area contributed by atoms with Gasteiger partial charge in [0, 0.05) is 30.6 Å². The first kappa shape index (κ1) is 20.0. The molecule has 0 bridgehead atoms. The fourth-order valence-corrected chi connectivity index (χ4v) is 3.32. The Morgan fingerprint density at radius 1 is 1.18 bits per heavy atom. The standard InChI is InChI=1S/C21H22N4O2.ClH/c1-14-24-20(25-27-14)18-5-2-4-17(12-18)15-7-9-16(10-8-15)21(26)23-13-19-6-3-11-22-19;/h2,4-5,7-10,12,19,22H,3,6,11,13H2,1H3,(H,23,26);1H/t19-;/m0./s1. The monoisotopic (exact) mass is 398 g/mol. The largest absolute Gasteiger partial charge is 0.350 e. The van der Waals surface area contributed by atoms with Crippen molar-refractivity contribution in [2.24, 2.45) is 0 Å². The van der Waals surface area contributed by atoms with Crippen molar-refractivity contribution in [1.82, 2.24) is 20.8 Å². The number of hydrogen-bond donors (Lipinski definition) is 2. The predicted octanol–water partition coefficient (Wildman–Crippen LogP) is 3.62. The summed E-state index contributed by atoms with van der Waals surface area (Å²) in [6.07, 6.45) is 2.30. The molecule has 2 aromatic carbocycles. The molecule has 146 valence electrons. The van der Waals surface area contributed by atoms with Crippen molar-refractivity contribution < 1.29 is 9.32 Å². The maximum atomic E-state index is 12.3. The molecular formula is C21H23ClN4O2. The van der Waals surface area contributed by atoms with Crippen LogP contribution >= 0.6 is 12.4 Å². The lowest BCUT2D eigenvalue weighted by atomic mass is 10.0. The Morgan fingerprint density at radius 3 is 2.64 bits per heavy atom. The molecule has 0 spiro atoms. The van der Waals surface area contributed by atoms with E-state index in [1.807, 2.05) is 48.5 Å². The van der Waals surface area contributed by atoms with Crippen molar-refractivity contribution in [3.63, 3.8) is 0 Å². The van der Waals surface area contributed by atoms with E-state index in [1.165, 1.54) is 6.42 Å². The third-order valence-electron chi connectivity index (χ3n) is 4.80. The van der Waals surface area contributed by atoms with E-state index in [0.717, 1.165) is 29.7 Å². The smallest absolute Gasteiger partial charge is 0.251 e. The molecule has 0 saturated carbocycles. The van der Waals surface area contributed by atoms with Crippen LogP contribution in [0.4, 0.5) is 0 Å². The maximum Gasteiger partial charge on any atom is 0.251 e. The van der Waals surface area contributed by atoms with Crippen LogP contribution in [0.1, 0.15) is 29.1 Å². The van der Waals surface area contributed by atoms with Crippen LogP contribution in [0.25, 0.3) is 22.5 Å². The van der Waals surface area contributed by atoms with Crippen molar-refractivity contribution in [3.8, 4) is 22.5 Å². The molecule has 2 N–H and O–H groups in total. The number of carbonyl (C=O) groups is 1. The summed E-state index contributed by atoms with van der Waals surface area (Å²) in [6, 6.07) is 16.0. The summed E-state index contributed by atoms with van der Waals surface area (Å²) in [4.78, 5) is 16.6. The summed E-state index contributed by atoms with van der Waals surface area (Å²) in [5, 5.41) is 10.4. The molecule has 0 unspecified atom stereocenters. The average Bonchev–Trinajstić information content (AvgIpc) is 3.38. The molecule has 6 nitrogen and oxygen atoms in total. The molecule has 28 heavy (non-hydrogen) atoms. The second-order valence-electron chi connectivity index (χ2n) is 6.80. The minimum Gasteiger partial charge on any atom is -0.350 e. The number of aryl methyl sites for hydroxylation is 1. The summed E-state index contributed by atoms with van der Waals surface area (Å²) in [6.45, 7) is 3.48. The van der Waals surface area contributed by atoms with E-state index in [1.54, 1.807) is 6.92 Å². The molecular weight excluding hydrogens is 376 g/mol. The van der Waals surface area contributed by atoms with E-state index < -0.39 is 0 Å². The van der Waals surface area contributed by atoms with Crippen LogP contribution in [-0.4, -0.2) is 35.2 Å². The molecule has 1 saturated heterocycles. The number of rotatable bonds is 5. The first-order valence-electron chi connectivity index (χ1n) is 9.22. The second kappa shape index (κ2) is 8.99. The van der Waals surface area contributed by atoms with Gasteiger partial charge in [-0.15, -0.1) is 12.4 Å². The fourth-order valence-electron chi connectivity index (χ4n) is 3.32. The van der Waals surface area contributed by atoms with Gasteiger partial charge in [0.15, 0.2) is 0 Å². The number of benzene rings is 2. The minimum absolute atomic E-state index is 0. The third kappa shape index (κ3) is 4.58. The summed E-state index contributed by atoms with van der Waals surface area (Å²) in [7, 11) is 0. The van der Waals surface area contributed by atoms with Gasteiger partial charge in [-0.2, -0.15) is 4.98 Å². The van der Waals surface area contributed by atoms with Crippen molar-refractivity contribution in [3.05, 3.63) is 60.0 Å². The van der Waals surface area contributed by atoms with Crippen molar-refractivity contribution in [1.29, 1.82) is 0 Å². The van der Waals surface area contributed by atoms with E-state index in [9.17, 15) is 4.79 Å². The van der Waals surface area contributed by atoms with Crippen LogP contribution in [0.3, 0.4) is 0 Å². The second-order valence-corrected chi connectivity index (χ2v) is 6.80. The van der Waals surface area contributed by atoms with Gasteiger partial charge in [-0.05, 0) is 48.7 Å². The number of aromatic nitrogens is 2. The number of carbonyl (C=O) groups excluding carboxylic acids is 1. The lowest BCUT2D eigenvalue weighted by Crippen LogP contribution is -2.37. The lowest BCUT2D eigenvalue weighted by molar-refractivity contribution is 0.0950. The van der Waals surface area contributed by atoms with Crippen LogP contribution in [0.5, 0.6) is 0 Å². The number of nitrogens with zero attached hydrogens (tertiary/aromatic N) is 2. The molecule has 1 atom stereocenters. The van der Waals surface area contributed by atoms with Gasteiger partial charge < -0.3 is 15.2 Å². The first-order chi connectivity index (χ1) is 13.2. The Balaban J connectivity index is 0.00000225. The predicted molar refractivity (Wildman–Crippen MR) is 111 cm³/mol. The van der Waals surface area contributed by atoms with E-state index in [-0.39, 0.29) is 18.3 Å². The van der Waals surface area contributed by atoms with Crippen LogP contribution in [0.15, 0.2) is 53.1 Å². The lowest BCUT2D eigenvalue weighted by Gasteiger charge is -2.11. The number of halogens is 1. The molecule has 1 amide bonds. The van der Waals surface area contributed by atoms with E-state index in [2.05, 4.69) is 20.8 Å². The van der Waals surface area contributed by atoms with E-state index in [0.29, 0.717) is 29.9 Å². The summed E-state index contributed by atoms with van der Waals surface area (Å²) < 4.78 is 5.06. The molecule has 1 aliphatic rings. The third-order valence-corrected chi connectivity index (χ3v) is 4.80. The van der Waals surface area contributed by atoms with Gasteiger partial charge in [-0.1, -0.05) is 35.5 Å². The zero-order valence-corrected chi connectivity index (χ0v) is 16.5. The van der Waals surface area contributed by atoms with Gasteiger partial charge >= 0.3 is 0 Å². The van der Waals surface area contributed by atoms with Crippen molar-refractivity contribution >= 4 is 18.3 Å². The molecule has 1 aliphatic heterocycles. The summed E-state index contributed by atoms with van der Waals surface area (Å²) >= 11 is 0. The molecule has 3 aromatic rings. The van der Waals surface area contributed by atoms with E-state index >= 15 is 0 Å². The van der Waals surface area contributed by atoms with Crippen molar-refractivity contribution in [2.45, 2.75) is 25.8 Å². The highest BCUT2D eigenvalue weighted by Crippen LogP contribution is 2.25. The highest BCUT2D eigenvalue weighted by molar-refractivity contribution is 5.94. The van der Waals surface area contributed by atoms with Crippen LogP contribution in [0.2, 0.25) is 0 Å². The van der Waals surface area contributed by atoms with Gasteiger partial charge in [-0.3, -0.25) is 4.79 Å². The Labute approximate surface area is 170 Å². The summed E-state index contributed by atoms with van der Waals surface area (Å²) in [5.41, 5.74) is 3.64. The van der Waals surface area contributed by atoms with Gasteiger partial charge in [0.2, 0.25) is 11.7 Å². The van der Waals surface area contributed by atoms with E-state index in [4.69, 9.17) is 4.52 Å². The van der Waals surface area contributed by atoms with Crippen LogP contribution in [0, 0.1) is 6.92 Å². The number of hydrogen-bond acceptors (Lipinski definition) is 5. The molecule has 7 heteroatoms. The van der Waals surface area contributed by atoms with Gasteiger partial charge in [-0.25, -0.2) is 0 Å². The normalized spacial score (nSPS) is 15.8. The van der Waals surface area contributed by atoms with Crippen LogP contribution < -0.4 is 10.6 Å². The summed E-state index contributed by atoms with van der Waals surface area (Å²) in [5.74, 6) is 1.08. The number of nitrogens with one attached hydrogen (secondary N) is 2.